The van der Waals surface area contributed by atoms with Crippen molar-refractivity contribution >= 4 is 5.91 Å². The van der Waals surface area contributed by atoms with Crippen molar-refractivity contribution < 1.29 is 4.79 Å². The van der Waals surface area contributed by atoms with Crippen molar-refractivity contribution in [1.82, 2.24) is 5.32 Å². The fraction of sp³-hybridized carbons (Fsp3) is 0.562. The summed E-state index contributed by atoms with van der Waals surface area (Å²) in [5.74, 6) is 0.127. The van der Waals surface area contributed by atoms with E-state index in [1.54, 1.807) is 0 Å². The Labute approximate surface area is 114 Å². The SMILES string of the molecule is C.C.CCNC(=O)CC.CCc1ccc(C)cc1. The van der Waals surface area contributed by atoms with E-state index in [0.717, 1.165) is 13.0 Å². The van der Waals surface area contributed by atoms with Crippen LogP contribution in [0.1, 0.15) is 53.2 Å². The van der Waals surface area contributed by atoms with Gasteiger partial charge in [-0.25, -0.2) is 0 Å². The van der Waals surface area contributed by atoms with Crippen molar-refractivity contribution in [3.05, 3.63) is 35.4 Å². The molecular formula is C16H31NO. The monoisotopic (exact) mass is 253 g/mol. The number of hydrogen-bond donors (Lipinski definition) is 1. The maximum absolute atomic E-state index is 10.3. The molecule has 1 N–H and O–H groups in total. The number of rotatable bonds is 3. The molecule has 1 amide bonds. The highest BCUT2D eigenvalue weighted by atomic mass is 16.1. The van der Waals surface area contributed by atoms with E-state index < -0.39 is 0 Å². The van der Waals surface area contributed by atoms with Crippen molar-refractivity contribution in [2.45, 2.75) is 55.4 Å². The number of carbonyl (C=O) groups excluding carboxylic acids is 1. The van der Waals surface area contributed by atoms with Crippen molar-refractivity contribution in [3.63, 3.8) is 0 Å². The summed E-state index contributed by atoms with van der Waals surface area (Å²) < 4.78 is 0. The largest absolute Gasteiger partial charge is 0.356 e. The molecule has 0 aliphatic heterocycles. The number of benzene rings is 1. The van der Waals surface area contributed by atoms with Crippen LogP contribution in [0.3, 0.4) is 0 Å². The second-order valence-corrected chi connectivity index (χ2v) is 3.65. The van der Waals surface area contributed by atoms with Gasteiger partial charge >= 0.3 is 0 Å². The molecule has 0 unspecified atom stereocenters. The minimum atomic E-state index is 0. The maximum atomic E-state index is 10.3. The molecule has 0 aliphatic carbocycles. The average molecular weight is 253 g/mol. The smallest absolute Gasteiger partial charge is 0.219 e. The molecule has 0 aromatic heterocycles. The van der Waals surface area contributed by atoms with Crippen LogP contribution in [0.5, 0.6) is 0 Å². The van der Waals surface area contributed by atoms with Crippen LogP contribution in [0.4, 0.5) is 0 Å². The molecule has 1 aromatic carbocycles. The van der Waals surface area contributed by atoms with Crippen molar-refractivity contribution in [1.29, 1.82) is 0 Å². The van der Waals surface area contributed by atoms with Gasteiger partial charge in [-0.3, -0.25) is 4.79 Å². The van der Waals surface area contributed by atoms with Gasteiger partial charge in [-0.1, -0.05) is 58.5 Å². The molecule has 0 heterocycles. The summed E-state index contributed by atoms with van der Waals surface area (Å²) in [6.07, 6.45) is 1.73. The van der Waals surface area contributed by atoms with E-state index in [9.17, 15) is 4.79 Å². The third-order valence-electron chi connectivity index (χ3n) is 2.22. The zero-order valence-electron chi connectivity index (χ0n) is 10.8. The van der Waals surface area contributed by atoms with Crippen LogP contribution in [-0.4, -0.2) is 12.5 Å². The zero-order valence-corrected chi connectivity index (χ0v) is 10.8. The summed E-state index contributed by atoms with van der Waals surface area (Å²) in [5, 5.41) is 2.66. The molecule has 1 aromatic rings. The first-order chi connectivity index (χ1) is 7.63. The topological polar surface area (TPSA) is 29.1 Å². The number of amides is 1. The molecule has 0 saturated heterocycles. The van der Waals surface area contributed by atoms with Gasteiger partial charge in [0, 0.05) is 13.0 Å². The lowest BCUT2D eigenvalue weighted by atomic mass is 10.1. The summed E-state index contributed by atoms with van der Waals surface area (Å²) in [5.41, 5.74) is 2.76. The molecule has 0 radical (unpaired) electrons. The van der Waals surface area contributed by atoms with Crippen molar-refractivity contribution in [2.75, 3.05) is 6.54 Å². The highest BCUT2D eigenvalue weighted by Crippen LogP contribution is 2.02. The summed E-state index contributed by atoms with van der Waals surface area (Å²) >= 11 is 0. The normalized spacial score (nSPS) is 8.00. The lowest BCUT2D eigenvalue weighted by Gasteiger charge is -1.94. The highest BCUT2D eigenvalue weighted by Gasteiger charge is 1.88. The van der Waals surface area contributed by atoms with E-state index in [-0.39, 0.29) is 20.8 Å². The summed E-state index contributed by atoms with van der Waals surface area (Å²) in [6, 6.07) is 8.66. The second-order valence-electron chi connectivity index (χ2n) is 3.65. The Kier molecular flexibility index (Phi) is 16.8. The van der Waals surface area contributed by atoms with Crippen LogP contribution in [0, 0.1) is 6.92 Å². The Balaban J connectivity index is -0.000000232. The molecule has 0 fully saturated rings. The van der Waals surface area contributed by atoms with E-state index in [1.807, 2.05) is 13.8 Å². The summed E-state index contributed by atoms with van der Waals surface area (Å²) in [4.78, 5) is 10.3. The molecule has 0 aliphatic rings. The van der Waals surface area contributed by atoms with Gasteiger partial charge in [0.15, 0.2) is 0 Å². The maximum Gasteiger partial charge on any atom is 0.219 e. The first-order valence-corrected chi connectivity index (χ1v) is 5.96. The first kappa shape index (κ1) is 21.9. The van der Waals surface area contributed by atoms with Crippen LogP contribution >= 0.6 is 0 Å². The predicted molar refractivity (Wildman–Crippen MR) is 83.0 cm³/mol. The van der Waals surface area contributed by atoms with Crippen LogP contribution in [0.15, 0.2) is 24.3 Å². The van der Waals surface area contributed by atoms with Crippen LogP contribution in [0.2, 0.25) is 0 Å². The number of nitrogens with one attached hydrogen (secondary N) is 1. The first-order valence-electron chi connectivity index (χ1n) is 5.96. The molecule has 2 heteroatoms. The standard InChI is InChI=1S/C9H12.C5H11NO.2CH4/c1-3-9-6-4-8(2)5-7-9;1-3-5(7)6-4-2;;/h4-7H,3H2,1-2H3;3-4H2,1-2H3,(H,6,7);2*1H4. The third-order valence-corrected chi connectivity index (χ3v) is 2.22. The molecule has 0 spiro atoms. The van der Waals surface area contributed by atoms with Crippen LogP contribution in [-0.2, 0) is 11.2 Å². The third kappa shape index (κ3) is 11.2. The Morgan fingerprint density at radius 2 is 1.56 bits per heavy atom. The van der Waals surface area contributed by atoms with Gasteiger partial charge in [0.2, 0.25) is 5.91 Å². The van der Waals surface area contributed by atoms with Gasteiger partial charge in [0.05, 0.1) is 0 Å². The molecule has 0 bridgehead atoms. The molecule has 2 nitrogen and oxygen atoms in total. The van der Waals surface area contributed by atoms with E-state index in [2.05, 4.69) is 43.4 Å². The summed E-state index contributed by atoms with van der Waals surface area (Å²) in [6.45, 7) is 8.77. The minimum absolute atomic E-state index is 0. The van der Waals surface area contributed by atoms with Gasteiger partial charge in [0.25, 0.3) is 0 Å². The molecule has 0 saturated carbocycles. The number of aryl methyl sites for hydroxylation is 2. The van der Waals surface area contributed by atoms with E-state index in [0.29, 0.717) is 6.42 Å². The fourth-order valence-electron chi connectivity index (χ4n) is 1.15. The molecule has 106 valence electrons. The molecular weight excluding hydrogens is 222 g/mol. The number of hydrogen-bond acceptors (Lipinski definition) is 1. The highest BCUT2D eigenvalue weighted by molar-refractivity contribution is 5.75. The van der Waals surface area contributed by atoms with Gasteiger partial charge in [-0.05, 0) is 25.8 Å². The van der Waals surface area contributed by atoms with Crippen LogP contribution in [0.25, 0.3) is 0 Å². The van der Waals surface area contributed by atoms with Gasteiger partial charge in [-0.2, -0.15) is 0 Å². The molecule has 0 atom stereocenters. The number of carbonyl (C=O) groups is 1. The van der Waals surface area contributed by atoms with Gasteiger partial charge in [-0.15, -0.1) is 0 Å². The molecule has 1 rings (SSSR count). The van der Waals surface area contributed by atoms with E-state index in [1.165, 1.54) is 11.1 Å². The minimum Gasteiger partial charge on any atom is -0.356 e. The van der Waals surface area contributed by atoms with Crippen molar-refractivity contribution in [2.24, 2.45) is 0 Å². The van der Waals surface area contributed by atoms with E-state index in [4.69, 9.17) is 0 Å². The summed E-state index contributed by atoms with van der Waals surface area (Å²) in [7, 11) is 0. The quantitative estimate of drug-likeness (QED) is 0.852. The Morgan fingerprint density at radius 1 is 1.06 bits per heavy atom. The lowest BCUT2D eigenvalue weighted by molar-refractivity contribution is -0.120. The Morgan fingerprint density at radius 3 is 1.83 bits per heavy atom. The van der Waals surface area contributed by atoms with Gasteiger partial charge in [0.1, 0.15) is 0 Å². The Bertz CT molecular complexity index is 290. The fourth-order valence-corrected chi connectivity index (χ4v) is 1.15. The van der Waals surface area contributed by atoms with E-state index >= 15 is 0 Å². The lowest BCUT2D eigenvalue weighted by Crippen LogP contribution is -2.20. The zero-order chi connectivity index (χ0) is 12.4. The van der Waals surface area contributed by atoms with Crippen LogP contribution < -0.4 is 5.32 Å². The van der Waals surface area contributed by atoms with Crippen molar-refractivity contribution in [3.8, 4) is 0 Å². The van der Waals surface area contributed by atoms with Gasteiger partial charge < -0.3 is 5.32 Å². The Hall–Kier alpha value is -1.31. The predicted octanol–water partition coefficient (Wildman–Crippen LogP) is 4.36. The molecule has 18 heavy (non-hydrogen) atoms. The average Bonchev–Trinajstić information content (AvgIpc) is 2.31. The second kappa shape index (κ2) is 13.8.